The van der Waals surface area contributed by atoms with Gasteiger partial charge in [-0.05, 0) is 25.6 Å². The van der Waals surface area contributed by atoms with Crippen molar-refractivity contribution < 1.29 is 4.39 Å². The lowest BCUT2D eigenvalue weighted by atomic mass is 9.98. The van der Waals surface area contributed by atoms with Gasteiger partial charge < -0.3 is 0 Å². The summed E-state index contributed by atoms with van der Waals surface area (Å²) in [6.07, 6.45) is 0. The van der Waals surface area contributed by atoms with Crippen molar-refractivity contribution in [3.8, 4) is 6.07 Å². The van der Waals surface area contributed by atoms with Crippen LogP contribution in [0.5, 0.6) is 0 Å². The molecular formula is C18H19FN2. The smallest absolute Gasteiger partial charge is 0.127 e. The van der Waals surface area contributed by atoms with Gasteiger partial charge in [0.25, 0.3) is 0 Å². The number of halogens is 1. The number of benzene rings is 2. The number of rotatable bonds is 5. The van der Waals surface area contributed by atoms with Gasteiger partial charge >= 0.3 is 0 Å². The molecule has 0 amide bonds. The summed E-state index contributed by atoms with van der Waals surface area (Å²) in [6, 6.07) is 18.7. The van der Waals surface area contributed by atoms with E-state index < -0.39 is 0 Å². The van der Waals surface area contributed by atoms with E-state index in [1.54, 1.807) is 12.1 Å². The van der Waals surface area contributed by atoms with Crippen LogP contribution in [0.1, 0.15) is 30.0 Å². The largest absolute Gasteiger partial charge is 0.298 e. The minimum Gasteiger partial charge on any atom is -0.298 e. The number of nitriles is 1. The first-order chi connectivity index (χ1) is 10.1. The van der Waals surface area contributed by atoms with E-state index in [2.05, 4.69) is 6.07 Å². The first kappa shape index (κ1) is 15.2. The molecular weight excluding hydrogens is 263 g/mol. The maximum absolute atomic E-state index is 13.9. The third-order valence-corrected chi connectivity index (χ3v) is 3.84. The lowest BCUT2D eigenvalue weighted by Crippen LogP contribution is -2.27. The van der Waals surface area contributed by atoms with Gasteiger partial charge in [0.1, 0.15) is 5.82 Å². The SMILES string of the molecule is CC(c1ccccc1F)N(C)CC(C#N)c1ccccc1. The number of hydrogen-bond donors (Lipinski definition) is 0. The summed E-state index contributed by atoms with van der Waals surface area (Å²) < 4.78 is 13.9. The van der Waals surface area contributed by atoms with E-state index in [1.165, 1.54) is 6.07 Å². The Hall–Kier alpha value is -2.18. The van der Waals surface area contributed by atoms with E-state index in [0.717, 1.165) is 5.56 Å². The monoisotopic (exact) mass is 282 g/mol. The zero-order valence-corrected chi connectivity index (χ0v) is 12.3. The van der Waals surface area contributed by atoms with Crippen molar-refractivity contribution >= 4 is 0 Å². The van der Waals surface area contributed by atoms with Crippen molar-refractivity contribution in [1.82, 2.24) is 4.90 Å². The van der Waals surface area contributed by atoms with Crippen LogP contribution < -0.4 is 0 Å². The van der Waals surface area contributed by atoms with Crippen LogP contribution in [-0.2, 0) is 0 Å². The Labute approximate surface area is 125 Å². The van der Waals surface area contributed by atoms with Crippen molar-refractivity contribution in [3.05, 3.63) is 71.5 Å². The molecule has 0 N–H and O–H groups in total. The molecule has 2 aromatic carbocycles. The van der Waals surface area contributed by atoms with Crippen LogP contribution in [0.25, 0.3) is 0 Å². The lowest BCUT2D eigenvalue weighted by molar-refractivity contribution is 0.251. The van der Waals surface area contributed by atoms with Crippen molar-refractivity contribution in [2.75, 3.05) is 13.6 Å². The van der Waals surface area contributed by atoms with E-state index in [1.807, 2.05) is 55.3 Å². The van der Waals surface area contributed by atoms with Crippen molar-refractivity contribution in [1.29, 1.82) is 5.26 Å². The first-order valence-electron chi connectivity index (χ1n) is 7.02. The summed E-state index contributed by atoms with van der Waals surface area (Å²) in [5, 5.41) is 9.38. The minimum atomic E-state index is -0.217. The van der Waals surface area contributed by atoms with E-state index >= 15 is 0 Å². The predicted molar refractivity (Wildman–Crippen MR) is 82.2 cm³/mol. The second kappa shape index (κ2) is 7.01. The van der Waals surface area contributed by atoms with Gasteiger partial charge in [0.15, 0.2) is 0 Å². The molecule has 0 aliphatic carbocycles. The molecule has 0 radical (unpaired) electrons. The molecule has 2 atom stereocenters. The summed E-state index contributed by atoms with van der Waals surface area (Å²) >= 11 is 0. The fourth-order valence-electron chi connectivity index (χ4n) is 2.40. The molecule has 0 aliphatic rings. The quantitative estimate of drug-likeness (QED) is 0.824. The molecule has 0 heterocycles. The third kappa shape index (κ3) is 3.68. The number of hydrogen-bond acceptors (Lipinski definition) is 2. The molecule has 2 aromatic rings. The van der Waals surface area contributed by atoms with Gasteiger partial charge in [-0.2, -0.15) is 5.26 Å². The second-order valence-electron chi connectivity index (χ2n) is 5.23. The van der Waals surface area contributed by atoms with Crippen LogP contribution in [0.3, 0.4) is 0 Å². The van der Waals surface area contributed by atoms with Crippen LogP contribution in [0.4, 0.5) is 4.39 Å². The van der Waals surface area contributed by atoms with Crippen molar-refractivity contribution in [2.45, 2.75) is 18.9 Å². The van der Waals surface area contributed by atoms with E-state index in [-0.39, 0.29) is 17.8 Å². The molecule has 0 aliphatic heterocycles. The van der Waals surface area contributed by atoms with Gasteiger partial charge in [-0.15, -0.1) is 0 Å². The highest BCUT2D eigenvalue weighted by atomic mass is 19.1. The predicted octanol–water partition coefficient (Wildman–Crippen LogP) is 4.13. The fraction of sp³-hybridized carbons (Fsp3) is 0.278. The Morgan fingerprint density at radius 2 is 1.71 bits per heavy atom. The summed E-state index contributed by atoms with van der Waals surface area (Å²) in [4.78, 5) is 2.01. The molecule has 2 nitrogen and oxygen atoms in total. The molecule has 0 fully saturated rings. The maximum Gasteiger partial charge on any atom is 0.127 e. The van der Waals surface area contributed by atoms with Gasteiger partial charge in [-0.25, -0.2) is 4.39 Å². The molecule has 0 spiro atoms. The van der Waals surface area contributed by atoms with Crippen LogP contribution in [0.15, 0.2) is 54.6 Å². The van der Waals surface area contributed by atoms with Gasteiger partial charge in [-0.3, -0.25) is 4.90 Å². The van der Waals surface area contributed by atoms with Gasteiger partial charge in [0, 0.05) is 18.2 Å². The Bertz CT molecular complexity index is 619. The van der Waals surface area contributed by atoms with Crippen molar-refractivity contribution in [2.24, 2.45) is 0 Å². The molecule has 0 saturated carbocycles. The highest BCUT2D eigenvalue weighted by Gasteiger charge is 2.19. The molecule has 2 unspecified atom stereocenters. The average molecular weight is 282 g/mol. The Morgan fingerprint density at radius 1 is 1.10 bits per heavy atom. The standard InChI is InChI=1S/C18H19FN2/c1-14(17-10-6-7-11-18(17)19)21(2)13-16(12-20)15-8-4-3-5-9-15/h3-11,14,16H,13H2,1-2H3. The summed E-state index contributed by atoms with van der Waals surface area (Å²) in [5.41, 5.74) is 1.65. The normalized spacial score (nSPS) is 13.7. The van der Waals surface area contributed by atoms with Gasteiger partial charge in [-0.1, -0.05) is 48.5 Å². The number of nitrogens with zero attached hydrogens (tertiary/aromatic N) is 2. The van der Waals surface area contributed by atoms with E-state index in [9.17, 15) is 9.65 Å². The molecule has 0 bridgehead atoms. The highest BCUT2D eigenvalue weighted by molar-refractivity contribution is 5.26. The van der Waals surface area contributed by atoms with Crippen LogP contribution in [0, 0.1) is 17.1 Å². The highest BCUT2D eigenvalue weighted by Crippen LogP contribution is 2.24. The average Bonchev–Trinajstić information content (AvgIpc) is 2.53. The molecule has 0 saturated heterocycles. The van der Waals surface area contributed by atoms with Crippen LogP contribution in [-0.4, -0.2) is 18.5 Å². The summed E-state index contributed by atoms with van der Waals surface area (Å²) in [7, 11) is 1.92. The Balaban J connectivity index is 2.12. The third-order valence-electron chi connectivity index (χ3n) is 3.84. The lowest BCUT2D eigenvalue weighted by Gasteiger charge is -2.27. The Kier molecular flexibility index (Phi) is 5.08. The van der Waals surface area contributed by atoms with Crippen LogP contribution >= 0.6 is 0 Å². The second-order valence-corrected chi connectivity index (χ2v) is 5.23. The van der Waals surface area contributed by atoms with Crippen molar-refractivity contribution in [3.63, 3.8) is 0 Å². The van der Waals surface area contributed by atoms with E-state index in [0.29, 0.717) is 12.1 Å². The molecule has 2 rings (SSSR count). The fourth-order valence-corrected chi connectivity index (χ4v) is 2.40. The molecule has 0 aromatic heterocycles. The van der Waals surface area contributed by atoms with Crippen LogP contribution in [0.2, 0.25) is 0 Å². The minimum absolute atomic E-state index is 0.0780. The zero-order valence-electron chi connectivity index (χ0n) is 12.3. The van der Waals surface area contributed by atoms with Gasteiger partial charge in [0.05, 0.1) is 12.0 Å². The summed E-state index contributed by atoms with van der Waals surface area (Å²) in [6.45, 7) is 2.52. The van der Waals surface area contributed by atoms with E-state index in [4.69, 9.17) is 0 Å². The maximum atomic E-state index is 13.9. The summed E-state index contributed by atoms with van der Waals surface area (Å²) in [5.74, 6) is -0.421. The molecule has 108 valence electrons. The zero-order chi connectivity index (χ0) is 15.2. The molecule has 3 heteroatoms. The molecule has 21 heavy (non-hydrogen) atoms. The van der Waals surface area contributed by atoms with Gasteiger partial charge in [0.2, 0.25) is 0 Å². The topological polar surface area (TPSA) is 27.0 Å². The number of likely N-dealkylation sites (N-methyl/N-ethyl adjacent to an activating group) is 1. The first-order valence-corrected chi connectivity index (χ1v) is 7.02. The Morgan fingerprint density at radius 3 is 2.33 bits per heavy atom.